The lowest BCUT2D eigenvalue weighted by Gasteiger charge is -2.35. The molecule has 0 aliphatic heterocycles. The third-order valence-corrected chi connectivity index (χ3v) is 4.78. The van der Waals surface area contributed by atoms with Crippen molar-refractivity contribution in [3.63, 3.8) is 0 Å². The van der Waals surface area contributed by atoms with Gasteiger partial charge >= 0.3 is 11.9 Å². The summed E-state index contributed by atoms with van der Waals surface area (Å²) in [6.45, 7) is 8.98. The molecule has 1 rings (SSSR count). The molecule has 3 unspecified atom stereocenters. The number of carbonyl (C=O) groups is 3. The van der Waals surface area contributed by atoms with Gasteiger partial charge in [0.1, 0.15) is 18.2 Å². The molecule has 0 aliphatic rings. The molecule has 0 bridgehead atoms. The molecule has 31 heavy (non-hydrogen) atoms. The van der Waals surface area contributed by atoms with E-state index in [2.05, 4.69) is 17.4 Å². The van der Waals surface area contributed by atoms with E-state index in [0.29, 0.717) is 26.1 Å². The fraction of sp³-hybridized carbons (Fsp3) is 0.625. The topological polar surface area (TPSA) is 90.9 Å². The molecule has 0 spiro atoms. The van der Waals surface area contributed by atoms with Crippen LogP contribution in [0.5, 0.6) is 0 Å². The second-order valence-electron chi connectivity index (χ2n) is 8.04. The maximum atomic E-state index is 11.8. The number of esters is 2. The van der Waals surface area contributed by atoms with Crippen LogP contribution in [-0.2, 0) is 35.0 Å². The zero-order chi connectivity index (χ0) is 23.2. The van der Waals surface area contributed by atoms with Crippen LogP contribution in [0.15, 0.2) is 30.3 Å². The fourth-order valence-corrected chi connectivity index (χ4v) is 3.47. The minimum atomic E-state index is -0.636. The molecule has 1 aromatic carbocycles. The van der Waals surface area contributed by atoms with Crippen molar-refractivity contribution in [3.8, 4) is 0 Å². The Morgan fingerprint density at radius 2 is 1.52 bits per heavy atom. The number of benzene rings is 1. The highest BCUT2D eigenvalue weighted by molar-refractivity contribution is 5.73. The number of rotatable bonds is 14. The minimum Gasteiger partial charge on any atom is -0.460 e. The van der Waals surface area contributed by atoms with Crippen molar-refractivity contribution >= 4 is 17.8 Å². The summed E-state index contributed by atoms with van der Waals surface area (Å²) in [7, 11) is 0. The van der Waals surface area contributed by atoms with Gasteiger partial charge in [-0.1, -0.05) is 44.2 Å². The van der Waals surface area contributed by atoms with Crippen molar-refractivity contribution in [3.05, 3.63) is 35.9 Å². The van der Waals surface area contributed by atoms with Gasteiger partial charge in [-0.25, -0.2) is 0 Å². The van der Waals surface area contributed by atoms with Gasteiger partial charge < -0.3 is 19.5 Å². The molecule has 0 saturated carbocycles. The van der Waals surface area contributed by atoms with Crippen LogP contribution in [0.1, 0.15) is 59.4 Å². The second-order valence-corrected chi connectivity index (χ2v) is 8.04. The van der Waals surface area contributed by atoms with Crippen LogP contribution in [0.2, 0.25) is 0 Å². The quantitative estimate of drug-likeness (QED) is 0.356. The Bertz CT molecular complexity index is 676. The maximum Gasteiger partial charge on any atom is 0.302 e. The summed E-state index contributed by atoms with van der Waals surface area (Å²) in [5.74, 6) is -1.25. The van der Waals surface area contributed by atoms with Crippen LogP contribution in [0.4, 0.5) is 0 Å². The third kappa shape index (κ3) is 11.5. The zero-order valence-electron chi connectivity index (χ0n) is 19.4. The SMILES string of the molecule is CC(=O)NC(C(CCCOCCCc1ccccc1)OC(C)=O)C(OC(C)=O)C(C)C. The van der Waals surface area contributed by atoms with E-state index in [1.54, 1.807) is 0 Å². The van der Waals surface area contributed by atoms with E-state index in [0.717, 1.165) is 12.8 Å². The number of ether oxygens (including phenoxy) is 3. The van der Waals surface area contributed by atoms with E-state index in [-0.39, 0.29) is 11.8 Å². The van der Waals surface area contributed by atoms with E-state index < -0.39 is 30.2 Å². The van der Waals surface area contributed by atoms with E-state index >= 15 is 0 Å². The number of carbonyl (C=O) groups excluding carboxylic acids is 3. The summed E-state index contributed by atoms with van der Waals surface area (Å²) in [6, 6.07) is 9.61. The van der Waals surface area contributed by atoms with Crippen LogP contribution >= 0.6 is 0 Å². The highest BCUT2D eigenvalue weighted by Crippen LogP contribution is 2.20. The fourth-order valence-electron chi connectivity index (χ4n) is 3.47. The molecule has 1 amide bonds. The van der Waals surface area contributed by atoms with Crippen LogP contribution in [0.3, 0.4) is 0 Å². The largest absolute Gasteiger partial charge is 0.460 e. The molecule has 174 valence electrons. The average Bonchev–Trinajstić information content (AvgIpc) is 2.69. The summed E-state index contributed by atoms with van der Waals surface area (Å²) in [5.41, 5.74) is 1.28. The van der Waals surface area contributed by atoms with Gasteiger partial charge in [-0.2, -0.15) is 0 Å². The zero-order valence-corrected chi connectivity index (χ0v) is 19.4. The van der Waals surface area contributed by atoms with E-state index in [4.69, 9.17) is 14.2 Å². The van der Waals surface area contributed by atoms with E-state index in [1.807, 2.05) is 32.0 Å². The van der Waals surface area contributed by atoms with Gasteiger partial charge in [-0.3, -0.25) is 14.4 Å². The van der Waals surface area contributed by atoms with Crippen molar-refractivity contribution in [2.75, 3.05) is 13.2 Å². The number of aryl methyl sites for hydroxylation is 1. The van der Waals surface area contributed by atoms with Crippen molar-refractivity contribution in [2.24, 2.45) is 5.92 Å². The molecule has 0 fully saturated rings. The lowest BCUT2D eigenvalue weighted by atomic mass is 9.92. The first-order valence-electron chi connectivity index (χ1n) is 10.9. The summed E-state index contributed by atoms with van der Waals surface area (Å²) in [4.78, 5) is 35.1. The minimum absolute atomic E-state index is 0.0759. The summed E-state index contributed by atoms with van der Waals surface area (Å²) >= 11 is 0. The molecule has 0 radical (unpaired) electrons. The Balaban J connectivity index is 2.62. The number of nitrogens with one attached hydrogen (secondary N) is 1. The average molecular weight is 436 g/mol. The summed E-state index contributed by atoms with van der Waals surface area (Å²) < 4.78 is 16.7. The van der Waals surface area contributed by atoms with Crippen LogP contribution < -0.4 is 5.32 Å². The van der Waals surface area contributed by atoms with Gasteiger partial charge in [0, 0.05) is 34.0 Å². The van der Waals surface area contributed by atoms with Crippen molar-refractivity contribution in [1.29, 1.82) is 0 Å². The van der Waals surface area contributed by atoms with Crippen LogP contribution in [-0.4, -0.2) is 49.3 Å². The number of hydrogen-bond acceptors (Lipinski definition) is 6. The van der Waals surface area contributed by atoms with Gasteiger partial charge in [-0.05, 0) is 37.2 Å². The molecule has 1 N–H and O–H groups in total. The monoisotopic (exact) mass is 435 g/mol. The van der Waals surface area contributed by atoms with Gasteiger partial charge in [0.25, 0.3) is 0 Å². The van der Waals surface area contributed by atoms with Gasteiger partial charge in [0.2, 0.25) is 5.91 Å². The third-order valence-electron chi connectivity index (χ3n) is 4.78. The predicted octanol–water partition coefficient (Wildman–Crippen LogP) is 3.44. The van der Waals surface area contributed by atoms with Gasteiger partial charge in [-0.15, -0.1) is 0 Å². The Kier molecular flexibility index (Phi) is 12.5. The lowest BCUT2D eigenvalue weighted by Crippen LogP contribution is -2.54. The Labute approximate surface area is 185 Å². The molecular formula is C24H37NO6. The number of hydrogen-bond donors (Lipinski definition) is 1. The molecule has 0 aliphatic carbocycles. The maximum absolute atomic E-state index is 11.8. The highest BCUT2D eigenvalue weighted by Gasteiger charge is 2.36. The van der Waals surface area contributed by atoms with Crippen molar-refractivity contribution < 1.29 is 28.6 Å². The van der Waals surface area contributed by atoms with Crippen molar-refractivity contribution in [1.82, 2.24) is 5.32 Å². The summed E-state index contributed by atoms with van der Waals surface area (Å²) in [5, 5.41) is 2.82. The molecule has 0 heterocycles. The Morgan fingerprint density at radius 1 is 0.903 bits per heavy atom. The van der Waals surface area contributed by atoms with Gasteiger partial charge in [0.05, 0.1) is 0 Å². The molecule has 0 aromatic heterocycles. The lowest BCUT2D eigenvalue weighted by molar-refractivity contribution is -0.160. The van der Waals surface area contributed by atoms with Gasteiger partial charge in [0.15, 0.2) is 0 Å². The van der Waals surface area contributed by atoms with Crippen LogP contribution in [0, 0.1) is 5.92 Å². The molecular weight excluding hydrogens is 398 g/mol. The normalized spacial score (nSPS) is 13.9. The van der Waals surface area contributed by atoms with Crippen molar-refractivity contribution in [2.45, 2.75) is 78.6 Å². The Hall–Kier alpha value is -2.41. The molecule has 7 heteroatoms. The smallest absolute Gasteiger partial charge is 0.302 e. The van der Waals surface area contributed by atoms with E-state index in [9.17, 15) is 14.4 Å². The number of amides is 1. The first-order chi connectivity index (χ1) is 14.7. The summed E-state index contributed by atoms with van der Waals surface area (Å²) in [6.07, 6.45) is 1.77. The Morgan fingerprint density at radius 3 is 2.06 bits per heavy atom. The van der Waals surface area contributed by atoms with Crippen LogP contribution in [0.25, 0.3) is 0 Å². The van der Waals surface area contributed by atoms with E-state index in [1.165, 1.54) is 26.3 Å². The molecule has 0 saturated heterocycles. The second kappa shape index (κ2) is 14.6. The predicted molar refractivity (Wildman–Crippen MR) is 118 cm³/mol. The highest BCUT2D eigenvalue weighted by atomic mass is 16.6. The molecule has 1 aromatic rings. The standard InChI is InChI=1S/C24H37NO6/c1-17(2)24(31-20(5)28)23(25-18(3)26)22(30-19(4)27)14-10-16-29-15-9-13-21-11-7-6-8-12-21/h6-8,11-12,17,22-24H,9-10,13-16H2,1-5H3,(H,25,26). The first-order valence-corrected chi connectivity index (χ1v) is 10.9. The molecule has 7 nitrogen and oxygen atoms in total. The molecule has 3 atom stereocenters. The first kappa shape index (κ1) is 26.6.